The number of benzene rings is 3. The van der Waals surface area contributed by atoms with E-state index >= 15 is 17.6 Å². The molecule has 0 atom stereocenters. The zero-order valence-electron chi connectivity index (χ0n) is 29.6. The minimum Gasteiger partial charge on any atom is -0.494 e. The number of hydrogen-bond acceptors (Lipinski definition) is 7. The highest BCUT2D eigenvalue weighted by Gasteiger charge is 2.40. The predicted octanol–water partition coefficient (Wildman–Crippen LogP) is 10.5. The summed E-state index contributed by atoms with van der Waals surface area (Å²) in [5, 5.41) is 0. The molecular formula is C40H43F7O7. The number of alkyl halides is 7. The van der Waals surface area contributed by atoms with Crippen molar-refractivity contribution < 1.29 is 64.0 Å². The van der Waals surface area contributed by atoms with E-state index < -0.39 is 64.6 Å². The number of rotatable bonds is 24. The molecule has 0 aliphatic rings. The molecule has 3 aromatic rings. The lowest BCUT2D eigenvalue weighted by molar-refractivity contribution is -0.186. The lowest BCUT2D eigenvalue weighted by Gasteiger charge is -2.22. The average molecular weight is 769 g/mol. The molecule has 3 aromatic carbocycles. The molecule has 0 spiro atoms. The second-order valence-corrected chi connectivity index (χ2v) is 12.1. The summed E-state index contributed by atoms with van der Waals surface area (Å²) >= 11 is 0. The van der Waals surface area contributed by atoms with Crippen LogP contribution >= 0.6 is 0 Å². The smallest absolute Gasteiger partial charge is 0.426 e. The molecule has 14 heteroatoms. The van der Waals surface area contributed by atoms with Crippen LogP contribution in [0.5, 0.6) is 17.2 Å². The summed E-state index contributed by atoms with van der Waals surface area (Å²) in [6, 6.07) is 11.0. The predicted molar refractivity (Wildman–Crippen MR) is 187 cm³/mol. The van der Waals surface area contributed by atoms with Gasteiger partial charge in [0.1, 0.15) is 17.2 Å². The Bertz CT molecular complexity index is 1640. The number of hydrogen-bond donors (Lipinski definition) is 0. The van der Waals surface area contributed by atoms with Crippen molar-refractivity contribution in [3.8, 4) is 17.2 Å². The van der Waals surface area contributed by atoms with E-state index in [0.29, 0.717) is 50.7 Å². The summed E-state index contributed by atoms with van der Waals surface area (Å²) in [4.78, 5) is 22.0. The van der Waals surface area contributed by atoms with Gasteiger partial charge in [-0.3, -0.25) is 0 Å². The minimum absolute atomic E-state index is 0.274. The van der Waals surface area contributed by atoms with Gasteiger partial charge in [0.2, 0.25) is 0 Å². The highest BCUT2D eigenvalue weighted by atomic mass is 19.4. The van der Waals surface area contributed by atoms with Gasteiger partial charge < -0.3 is 23.7 Å². The lowest BCUT2D eigenvalue weighted by Crippen LogP contribution is -2.23. The average Bonchev–Trinajstić information content (AvgIpc) is 3.13. The Morgan fingerprint density at radius 2 is 0.981 bits per heavy atom. The quantitative estimate of drug-likeness (QED) is 0.0388. The molecular weight excluding hydrogens is 725 g/mol. The Hall–Kier alpha value is -5.01. The summed E-state index contributed by atoms with van der Waals surface area (Å²) in [7, 11) is 0. The fraction of sp³-hybridized carbons (Fsp3) is 0.400. The van der Waals surface area contributed by atoms with E-state index in [1.807, 2.05) is 0 Å². The minimum atomic E-state index is -5.15. The largest absolute Gasteiger partial charge is 0.494 e. The van der Waals surface area contributed by atoms with Crippen LogP contribution in [0.25, 0.3) is 0 Å². The van der Waals surface area contributed by atoms with E-state index in [0.717, 1.165) is 68.2 Å². The van der Waals surface area contributed by atoms with Crippen molar-refractivity contribution in [2.45, 2.75) is 76.0 Å². The monoisotopic (exact) mass is 768 g/mol. The van der Waals surface area contributed by atoms with Crippen molar-refractivity contribution in [1.82, 2.24) is 0 Å². The molecule has 0 aliphatic heterocycles. The molecule has 0 unspecified atom stereocenters. The third kappa shape index (κ3) is 14.8. The number of halogens is 7. The molecule has 0 radical (unpaired) electrons. The molecule has 0 heterocycles. The second-order valence-electron chi connectivity index (χ2n) is 12.1. The molecule has 294 valence electrons. The fourth-order valence-electron chi connectivity index (χ4n) is 5.08. The molecule has 54 heavy (non-hydrogen) atoms. The molecule has 0 fully saturated rings. The molecule has 0 amide bonds. The molecule has 0 aromatic heterocycles. The van der Waals surface area contributed by atoms with Gasteiger partial charge >= 0.3 is 24.2 Å². The van der Waals surface area contributed by atoms with Crippen molar-refractivity contribution >= 4 is 11.9 Å². The van der Waals surface area contributed by atoms with Gasteiger partial charge in [0.15, 0.2) is 0 Å². The van der Waals surface area contributed by atoms with E-state index in [9.17, 15) is 22.8 Å². The van der Waals surface area contributed by atoms with Crippen LogP contribution in [0.4, 0.5) is 30.7 Å². The summed E-state index contributed by atoms with van der Waals surface area (Å²) in [6.45, 7) is 7.76. The molecule has 7 nitrogen and oxygen atoms in total. The van der Waals surface area contributed by atoms with Gasteiger partial charge in [-0.2, -0.15) is 22.0 Å². The first-order valence-corrected chi connectivity index (χ1v) is 17.3. The zero-order valence-corrected chi connectivity index (χ0v) is 29.6. The highest BCUT2D eigenvalue weighted by molar-refractivity contribution is 5.81. The number of unbranched alkanes of at least 4 members (excludes halogenated alkanes) is 6. The van der Waals surface area contributed by atoms with E-state index in [2.05, 4.69) is 17.9 Å². The van der Waals surface area contributed by atoms with Crippen molar-refractivity contribution in [2.75, 3.05) is 26.4 Å². The Labute approximate surface area is 309 Å². The maximum Gasteiger partial charge on any atom is 0.426 e. The van der Waals surface area contributed by atoms with Gasteiger partial charge in [-0.05, 0) is 118 Å². The number of carbonyl (C=O) groups excluding carboxylic acids is 2. The van der Waals surface area contributed by atoms with E-state index in [-0.39, 0.29) is 25.0 Å². The standard InChI is InChI=1S/C40H43F7O7/c1-3-36(48)52-25-11-7-5-9-23-50-32-19-14-30(15-20-32)38(41,42)28-29-13-18-34(27-35(29)39(43,44)45)54-40(46,47)31-16-21-33(22-17-31)51-24-10-6-8-12-26-53-37(49)4-2/h3-4,13-22,27H,1-2,5-12,23-26,28H2. The summed E-state index contributed by atoms with van der Waals surface area (Å²) in [5.41, 5.74) is -3.56. The molecule has 0 bridgehead atoms. The zero-order chi connectivity index (χ0) is 39.6. The lowest BCUT2D eigenvalue weighted by atomic mass is 9.96. The summed E-state index contributed by atoms with van der Waals surface area (Å²) < 4.78 is 128. The van der Waals surface area contributed by atoms with Crippen LogP contribution in [0.3, 0.4) is 0 Å². The summed E-state index contributed by atoms with van der Waals surface area (Å²) in [5.74, 6) is -5.01. The van der Waals surface area contributed by atoms with Crippen LogP contribution in [0.15, 0.2) is 92.0 Å². The maximum atomic E-state index is 15.3. The third-order valence-corrected chi connectivity index (χ3v) is 7.95. The van der Waals surface area contributed by atoms with Gasteiger partial charge in [0, 0.05) is 24.1 Å². The Morgan fingerprint density at radius 3 is 1.43 bits per heavy atom. The van der Waals surface area contributed by atoms with Gasteiger partial charge in [-0.15, -0.1) is 0 Å². The van der Waals surface area contributed by atoms with E-state index in [1.54, 1.807) is 0 Å². The first-order valence-electron chi connectivity index (χ1n) is 17.3. The normalized spacial score (nSPS) is 11.8. The maximum absolute atomic E-state index is 15.3. The number of esters is 2. The van der Waals surface area contributed by atoms with Crippen molar-refractivity contribution in [2.24, 2.45) is 0 Å². The van der Waals surface area contributed by atoms with Gasteiger partial charge in [-0.1, -0.05) is 19.2 Å². The van der Waals surface area contributed by atoms with E-state index in [4.69, 9.17) is 18.9 Å². The van der Waals surface area contributed by atoms with Crippen molar-refractivity contribution in [3.05, 3.63) is 114 Å². The van der Waals surface area contributed by atoms with Crippen LogP contribution in [0, 0.1) is 0 Å². The Kier molecular flexibility index (Phi) is 16.9. The molecule has 3 rings (SSSR count). The first-order chi connectivity index (χ1) is 25.6. The molecule has 0 N–H and O–H groups in total. The SMILES string of the molecule is C=CC(=O)OCCCCCCOc1ccc(C(F)(F)Cc2ccc(OC(F)(F)c3ccc(OCCCCCCOC(=O)C=C)cc3)cc2C(F)(F)F)cc1. The van der Waals surface area contributed by atoms with Crippen LogP contribution in [0.2, 0.25) is 0 Å². The molecule has 0 saturated heterocycles. The second kappa shape index (κ2) is 21.0. The molecule has 0 saturated carbocycles. The van der Waals surface area contributed by atoms with Crippen LogP contribution in [-0.4, -0.2) is 38.4 Å². The summed E-state index contributed by atoms with van der Waals surface area (Å²) in [6.07, 6.45) is -2.65. The van der Waals surface area contributed by atoms with E-state index in [1.165, 1.54) is 24.3 Å². The van der Waals surface area contributed by atoms with Crippen LogP contribution < -0.4 is 14.2 Å². The van der Waals surface area contributed by atoms with Crippen LogP contribution in [0.1, 0.15) is 73.6 Å². The van der Waals surface area contributed by atoms with Gasteiger partial charge in [-0.25, -0.2) is 18.4 Å². The Morgan fingerprint density at radius 1 is 0.556 bits per heavy atom. The number of ether oxygens (including phenoxy) is 5. The topological polar surface area (TPSA) is 80.3 Å². The molecule has 0 aliphatic carbocycles. The first kappa shape index (κ1) is 43.4. The number of carbonyl (C=O) groups is 2. The van der Waals surface area contributed by atoms with Crippen molar-refractivity contribution in [1.29, 1.82) is 0 Å². The third-order valence-electron chi connectivity index (χ3n) is 7.95. The van der Waals surface area contributed by atoms with Gasteiger partial charge in [0.05, 0.1) is 37.6 Å². The van der Waals surface area contributed by atoms with Crippen LogP contribution in [-0.2, 0) is 43.7 Å². The van der Waals surface area contributed by atoms with Gasteiger partial charge in [0.25, 0.3) is 5.92 Å². The Balaban J connectivity index is 1.53. The highest BCUT2D eigenvalue weighted by Crippen LogP contribution is 2.41. The van der Waals surface area contributed by atoms with Crippen molar-refractivity contribution in [3.63, 3.8) is 0 Å². The fourth-order valence-corrected chi connectivity index (χ4v) is 5.08.